The first kappa shape index (κ1) is 23.0. The Hall–Kier alpha value is -3.75. The number of halogens is 3. The van der Waals surface area contributed by atoms with Crippen molar-refractivity contribution in [2.75, 3.05) is 20.2 Å². The van der Waals surface area contributed by atoms with Crippen LogP contribution in [0, 0.1) is 5.92 Å². The molecular formula is C26H23F3N2O4. The molecule has 2 aliphatic heterocycles. The summed E-state index contributed by atoms with van der Waals surface area (Å²) in [6, 6.07) is 15.9. The third-order valence-corrected chi connectivity index (χ3v) is 6.63. The lowest BCUT2D eigenvalue weighted by Crippen LogP contribution is -2.49. The molecule has 0 aliphatic carbocycles. The predicted molar refractivity (Wildman–Crippen MR) is 123 cm³/mol. The van der Waals surface area contributed by atoms with E-state index in [1.54, 1.807) is 42.0 Å². The summed E-state index contributed by atoms with van der Waals surface area (Å²) >= 11 is 0. The zero-order chi connectivity index (χ0) is 24.7. The smallest absolute Gasteiger partial charge is 0.497 e. The molecule has 2 bridgehead atoms. The van der Waals surface area contributed by atoms with Gasteiger partial charge in [0, 0.05) is 42.4 Å². The number of pyridine rings is 1. The molecule has 0 saturated carbocycles. The normalized spacial score (nSPS) is 19.1. The second-order valence-corrected chi connectivity index (χ2v) is 8.90. The van der Waals surface area contributed by atoms with Crippen LogP contribution in [0.3, 0.4) is 0 Å². The summed E-state index contributed by atoms with van der Waals surface area (Å²) in [6.07, 6.45) is -3.87. The van der Waals surface area contributed by atoms with Gasteiger partial charge in [0.05, 0.1) is 7.11 Å². The number of piperidine rings is 1. The van der Waals surface area contributed by atoms with Gasteiger partial charge in [-0.25, -0.2) is 0 Å². The molecule has 2 aromatic carbocycles. The Morgan fingerprint density at radius 3 is 2.26 bits per heavy atom. The molecule has 182 valence electrons. The van der Waals surface area contributed by atoms with E-state index in [1.165, 1.54) is 24.3 Å². The number of alkyl halides is 3. The Morgan fingerprint density at radius 1 is 0.914 bits per heavy atom. The average molecular weight is 484 g/mol. The lowest BCUT2D eigenvalue weighted by molar-refractivity contribution is -0.274. The van der Waals surface area contributed by atoms with Crippen LogP contribution >= 0.6 is 0 Å². The highest BCUT2D eigenvalue weighted by atomic mass is 19.4. The molecule has 9 heteroatoms. The average Bonchev–Trinajstić information content (AvgIpc) is 2.84. The summed E-state index contributed by atoms with van der Waals surface area (Å²) in [5.41, 5.74) is 2.22. The van der Waals surface area contributed by atoms with Crippen molar-refractivity contribution in [3.8, 4) is 22.6 Å². The summed E-state index contributed by atoms with van der Waals surface area (Å²) in [5, 5.41) is 0. The van der Waals surface area contributed by atoms with Gasteiger partial charge in [-0.1, -0.05) is 12.1 Å². The number of nitrogens with zero attached hydrogens (tertiary/aromatic N) is 2. The van der Waals surface area contributed by atoms with Gasteiger partial charge in [-0.05, 0) is 66.4 Å². The highest BCUT2D eigenvalue weighted by Gasteiger charge is 2.37. The monoisotopic (exact) mass is 484 g/mol. The number of rotatable bonds is 4. The van der Waals surface area contributed by atoms with Crippen molar-refractivity contribution in [1.82, 2.24) is 9.47 Å². The number of carbonyl (C=O) groups excluding carboxylic acids is 1. The Morgan fingerprint density at radius 2 is 1.60 bits per heavy atom. The molecule has 0 N–H and O–H groups in total. The number of amides is 1. The summed E-state index contributed by atoms with van der Waals surface area (Å²) in [7, 11) is 1.57. The van der Waals surface area contributed by atoms with Crippen LogP contribution in [0.25, 0.3) is 11.1 Å². The Kier molecular flexibility index (Phi) is 5.78. The summed E-state index contributed by atoms with van der Waals surface area (Å²) < 4.78 is 48.1. The largest absolute Gasteiger partial charge is 0.573 e. The molecule has 0 unspecified atom stereocenters. The van der Waals surface area contributed by atoms with Crippen LogP contribution in [-0.4, -0.2) is 41.9 Å². The molecule has 6 nitrogen and oxygen atoms in total. The van der Waals surface area contributed by atoms with E-state index in [9.17, 15) is 22.8 Å². The van der Waals surface area contributed by atoms with E-state index < -0.39 is 6.36 Å². The van der Waals surface area contributed by atoms with E-state index in [4.69, 9.17) is 4.74 Å². The lowest BCUT2D eigenvalue weighted by atomic mass is 9.82. The first-order chi connectivity index (χ1) is 16.7. The maximum atomic E-state index is 13.3. The molecule has 5 rings (SSSR count). The Bertz CT molecular complexity index is 1300. The number of benzene rings is 2. The molecule has 1 fully saturated rings. The van der Waals surface area contributed by atoms with Crippen molar-refractivity contribution in [2.45, 2.75) is 25.2 Å². The van der Waals surface area contributed by atoms with Crippen LogP contribution in [0.1, 0.15) is 28.4 Å². The maximum absolute atomic E-state index is 13.3. The van der Waals surface area contributed by atoms with E-state index in [1.807, 2.05) is 11.0 Å². The number of ether oxygens (including phenoxy) is 2. The van der Waals surface area contributed by atoms with Gasteiger partial charge in [0.15, 0.2) is 0 Å². The van der Waals surface area contributed by atoms with E-state index in [0.29, 0.717) is 42.1 Å². The molecule has 3 aromatic rings. The number of aromatic nitrogens is 1. The van der Waals surface area contributed by atoms with Crippen LogP contribution < -0.4 is 15.0 Å². The standard InChI is InChI=1S/C26H23F3N2O4/c1-34-20-6-4-18(5-7-20)24(32)30-13-16-12-19(15-30)23-11-10-22(25(33)31(23)14-16)17-2-8-21(9-3-17)35-26(27,28)29/h2-11,16,19H,12-15H2,1H3/t16-,19+/m0/s1. The van der Waals surface area contributed by atoms with Gasteiger partial charge < -0.3 is 18.9 Å². The molecule has 3 heterocycles. The summed E-state index contributed by atoms with van der Waals surface area (Å²) in [5.74, 6) is 0.475. The fourth-order valence-corrected chi connectivity index (χ4v) is 5.08. The van der Waals surface area contributed by atoms with E-state index >= 15 is 0 Å². The van der Waals surface area contributed by atoms with Crippen molar-refractivity contribution in [1.29, 1.82) is 0 Å². The first-order valence-electron chi connectivity index (χ1n) is 11.2. The van der Waals surface area contributed by atoms with E-state index in [-0.39, 0.29) is 29.1 Å². The number of methoxy groups -OCH3 is 1. The molecule has 1 saturated heterocycles. The van der Waals surface area contributed by atoms with Gasteiger partial charge in [0.1, 0.15) is 11.5 Å². The van der Waals surface area contributed by atoms with Crippen molar-refractivity contribution in [3.05, 3.63) is 82.3 Å². The third kappa shape index (κ3) is 4.62. The highest BCUT2D eigenvalue weighted by Crippen LogP contribution is 2.36. The van der Waals surface area contributed by atoms with Crippen LogP contribution in [0.15, 0.2) is 65.5 Å². The quantitative estimate of drug-likeness (QED) is 0.540. The number of fused-ring (bicyclic) bond motifs is 4. The molecule has 1 aromatic heterocycles. The second kappa shape index (κ2) is 8.79. The fourth-order valence-electron chi connectivity index (χ4n) is 5.08. The summed E-state index contributed by atoms with van der Waals surface area (Å²) in [4.78, 5) is 28.3. The molecule has 2 atom stereocenters. The van der Waals surface area contributed by atoms with Gasteiger partial charge in [-0.15, -0.1) is 13.2 Å². The van der Waals surface area contributed by atoms with Crippen molar-refractivity contribution < 1.29 is 27.4 Å². The molecule has 0 spiro atoms. The minimum Gasteiger partial charge on any atom is -0.497 e. The predicted octanol–water partition coefficient (Wildman–Crippen LogP) is 4.68. The molecule has 1 amide bonds. The van der Waals surface area contributed by atoms with Gasteiger partial charge in [0.25, 0.3) is 11.5 Å². The van der Waals surface area contributed by atoms with Crippen molar-refractivity contribution in [2.24, 2.45) is 5.92 Å². The number of hydrogen-bond donors (Lipinski definition) is 0. The van der Waals surface area contributed by atoms with E-state index in [0.717, 1.165) is 12.1 Å². The summed E-state index contributed by atoms with van der Waals surface area (Å²) in [6.45, 7) is 1.56. The van der Waals surface area contributed by atoms with Gasteiger partial charge >= 0.3 is 6.36 Å². The van der Waals surface area contributed by atoms with Crippen LogP contribution in [0.2, 0.25) is 0 Å². The Labute approximate surface area is 199 Å². The zero-order valence-electron chi connectivity index (χ0n) is 18.9. The number of hydrogen-bond acceptors (Lipinski definition) is 4. The lowest BCUT2D eigenvalue weighted by Gasteiger charge is -2.43. The molecule has 35 heavy (non-hydrogen) atoms. The molecule has 2 aliphatic rings. The van der Waals surface area contributed by atoms with E-state index in [2.05, 4.69) is 4.74 Å². The SMILES string of the molecule is COc1ccc(C(=O)N2C[C@@H]3C[C@H](C2)c2ccc(-c4ccc(OC(F)(F)F)cc4)c(=O)n2C3)cc1. The van der Waals surface area contributed by atoms with Crippen molar-refractivity contribution in [3.63, 3.8) is 0 Å². The zero-order valence-corrected chi connectivity index (χ0v) is 18.9. The minimum absolute atomic E-state index is 0.0361. The first-order valence-corrected chi connectivity index (χ1v) is 11.2. The topological polar surface area (TPSA) is 60.8 Å². The number of carbonyl (C=O) groups is 1. The molecular weight excluding hydrogens is 461 g/mol. The van der Waals surface area contributed by atoms with Gasteiger partial charge in [0.2, 0.25) is 0 Å². The van der Waals surface area contributed by atoms with Crippen LogP contribution in [-0.2, 0) is 6.54 Å². The fraction of sp³-hybridized carbons (Fsp3) is 0.308. The highest BCUT2D eigenvalue weighted by molar-refractivity contribution is 5.94. The molecule has 0 radical (unpaired) electrons. The second-order valence-electron chi connectivity index (χ2n) is 8.90. The maximum Gasteiger partial charge on any atom is 0.573 e. The van der Waals surface area contributed by atoms with Gasteiger partial charge in [-0.2, -0.15) is 0 Å². The Balaban J connectivity index is 1.38. The van der Waals surface area contributed by atoms with Crippen LogP contribution in [0.4, 0.5) is 13.2 Å². The van der Waals surface area contributed by atoms with Crippen molar-refractivity contribution >= 4 is 5.91 Å². The minimum atomic E-state index is -4.77. The van der Waals surface area contributed by atoms with Crippen LogP contribution in [0.5, 0.6) is 11.5 Å². The number of likely N-dealkylation sites (tertiary alicyclic amines) is 1. The third-order valence-electron chi connectivity index (χ3n) is 6.63. The van der Waals surface area contributed by atoms with Gasteiger partial charge in [-0.3, -0.25) is 9.59 Å².